The molecule has 9 nitrogen and oxygen atoms in total. The highest BCUT2D eigenvalue weighted by Crippen LogP contribution is 2.55. The second kappa shape index (κ2) is 15.0. The van der Waals surface area contributed by atoms with Gasteiger partial charge in [0.1, 0.15) is 5.03 Å². The Labute approximate surface area is 308 Å². The molecule has 5 fully saturated rings. The average Bonchev–Trinajstić information content (AvgIpc) is 3.16. The molecular weight excluding hydrogens is 675 g/mol. The van der Waals surface area contributed by atoms with Crippen LogP contribution >= 0.6 is 11.8 Å². The molecular formula is C42H45N3O6S. The van der Waals surface area contributed by atoms with Crippen LogP contribution in [0.1, 0.15) is 90.0 Å². The van der Waals surface area contributed by atoms with E-state index in [0.29, 0.717) is 23.7 Å². The lowest BCUT2D eigenvalue weighted by atomic mass is 9.53. The fourth-order valence-corrected chi connectivity index (χ4v) is 10.3. The first-order valence-corrected chi connectivity index (χ1v) is 19.4. The van der Waals surface area contributed by atoms with Crippen LogP contribution in [0.25, 0.3) is 11.1 Å². The lowest BCUT2D eigenvalue weighted by Gasteiger charge is -2.56. The smallest absolute Gasteiger partial charge is 0.338 e. The molecule has 4 saturated carbocycles. The van der Waals surface area contributed by atoms with Crippen LogP contribution in [0, 0.1) is 17.8 Å². The number of aliphatic hydroxyl groups is 1. The number of carboxylic acid groups (broad SMARTS) is 1. The van der Waals surface area contributed by atoms with Crippen molar-refractivity contribution in [2.45, 2.75) is 87.2 Å². The van der Waals surface area contributed by atoms with Gasteiger partial charge in [0, 0.05) is 36.0 Å². The number of nitrogens with one attached hydrogen (secondary N) is 2. The van der Waals surface area contributed by atoms with E-state index < -0.39 is 12.3 Å². The van der Waals surface area contributed by atoms with Crippen molar-refractivity contribution < 1.29 is 29.3 Å². The van der Waals surface area contributed by atoms with Crippen molar-refractivity contribution in [1.82, 2.24) is 15.6 Å². The van der Waals surface area contributed by atoms with Gasteiger partial charge in [0.15, 0.2) is 6.29 Å². The standard InChI is InChI=1S/C42H45N3O6S/c46-24-26-9-11-31(12-10-26)37-19-35(25-52-38-36(39(47)48)8-3-13-43-38)50-40(51-37)34-7-2-6-33(18-34)32-5-1-4-27(17-32)23-44-41(49)45-42-20-28-14-29(21-42)16-30(15-28)22-42/h1-13,17-18,28-30,35,37,40,46H,14-16,19-25H2,(H,47,48)(H2,44,45,49). The van der Waals surface area contributed by atoms with E-state index in [1.807, 2.05) is 48.5 Å². The number of carboxylic acids is 1. The minimum atomic E-state index is -1.01. The van der Waals surface area contributed by atoms with Crippen LogP contribution in [0.5, 0.6) is 0 Å². The van der Waals surface area contributed by atoms with Crippen molar-refractivity contribution in [3.8, 4) is 11.1 Å². The van der Waals surface area contributed by atoms with E-state index in [0.717, 1.165) is 70.4 Å². The van der Waals surface area contributed by atoms with Gasteiger partial charge >= 0.3 is 12.0 Å². The normalized spacial score (nSPS) is 27.6. The van der Waals surface area contributed by atoms with E-state index in [2.05, 4.69) is 39.9 Å². The number of pyridine rings is 1. The number of amides is 2. The summed E-state index contributed by atoms with van der Waals surface area (Å²) in [5.74, 6) is 1.80. The Balaban J connectivity index is 0.962. The quantitative estimate of drug-likeness (QED) is 0.115. The molecule has 2 heterocycles. The van der Waals surface area contributed by atoms with Crippen LogP contribution in [-0.4, -0.2) is 44.6 Å². The number of nitrogens with zero attached hydrogens (tertiary/aromatic N) is 1. The summed E-state index contributed by atoms with van der Waals surface area (Å²) in [4.78, 5) is 29.3. The summed E-state index contributed by atoms with van der Waals surface area (Å²) in [6, 6.07) is 27.2. The second-order valence-electron chi connectivity index (χ2n) is 15.2. The van der Waals surface area contributed by atoms with Gasteiger partial charge in [-0.05, 0) is 108 Å². The molecule has 5 aliphatic rings. The molecule has 3 aromatic carbocycles. The molecule has 4 aromatic rings. The number of thioether (sulfide) groups is 1. The maximum Gasteiger partial charge on any atom is 0.338 e. The van der Waals surface area contributed by atoms with Gasteiger partial charge in [-0.25, -0.2) is 14.6 Å². The zero-order chi connectivity index (χ0) is 35.7. The zero-order valence-corrected chi connectivity index (χ0v) is 29.9. The van der Waals surface area contributed by atoms with Crippen LogP contribution in [0.2, 0.25) is 0 Å². The molecule has 270 valence electrons. The maximum atomic E-state index is 13.1. The van der Waals surface area contributed by atoms with E-state index in [9.17, 15) is 19.8 Å². The predicted octanol–water partition coefficient (Wildman–Crippen LogP) is 8.04. The molecule has 0 spiro atoms. The monoisotopic (exact) mass is 719 g/mol. The summed E-state index contributed by atoms with van der Waals surface area (Å²) in [6.07, 6.45) is 8.38. The molecule has 9 rings (SSSR count). The maximum absolute atomic E-state index is 13.1. The third-order valence-corrected chi connectivity index (χ3v) is 12.4. The van der Waals surface area contributed by atoms with Crippen molar-refractivity contribution in [3.05, 3.63) is 119 Å². The number of hydrogen-bond acceptors (Lipinski definition) is 7. The third kappa shape index (κ3) is 7.76. The minimum Gasteiger partial charge on any atom is -0.478 e. The molecule has 1 saturated heterocycles. The summed E-state index contributed by atoms with van der Waals surface area (Å²) >= 11 is 1.37. The van der Waals surface area contributed by atoms with E-state index in [4.69, 9.17) is 9.47 Å². The van der Waals surface area contributed by atoms with Gasteiger partial charge in [0.25, 0.3) is 0 Å². The van der Waals surface area contributed by atoms with E-state index in [1.54, 1.807) is 18.3 Å². The number of aliphatic hydroxyl groups excluding tert-OH is 1. The second-order valence-corrected chi connectivity index (χ2v) is 16.2. The minimum absolute atomic E-state index is 0.0240. The predicted molar refractivity (Wildman–Crippen MR) is 198 cm³/mol. The number of ether oxygens (including phenoxy) is 2. The van der Waals surface area contributed by atoms with Crippen molar-refractivity contribution >= 4 is 23.8 Å². The number of urea groups is 1. The van der Waals surface area contributed by atoms with E-state index in [-0.39, 0.29) is 35.9 Å². The molecule has 10 heteroatoms. The van der Waals surface area contributed by atoms with Crippen LogP contribution in [0.3, 0.4) is 0 Å². The number of hydrogen-bond donors (Lipinski definition) is 4. The number of aromatic nitrogens is 1. The number of carbonyl (C=O) groups is 2. The SMILES string of the molecule is O=C(NCc1cccc(-c2cccc(C3OC(CSc4ncccc4C(=O)O)CC(c4ccc(CO)cc4)O3)c2)c1)NC12CC3CC(CC(C3)C1)C2. The van der Waals surface area contributed by atoms with Gasteiger partial charge in [-0.1, -0.05) is 60.7 Å². The Hall–Kier alpha value is -4.22. The molecule has 1 aliphatic heterocycles. The van der Waals surface area contributed by atoms with E-state index >= 15 is 0 Å². The Bertz CT molecular complexity index is 1880. The molecule has 1 aromatic heterocycles. The molecule has 4 bridgehead atoms. The lowest BCUT2D eigenvalue weighted by Crippen LogP contribution is -2.61. The highest BCUT2D eigenvalue weighted by Gasteiger charge is 2.51. The first-order valence-electron chi connectivity index (χ1n) is 18.4. The van der Waals surface area contributed by atoms with Gasteiger partial charge in [-0.3, -0.25) is 0 Å². The van der Waals surface area contributed by atoms with Crippen LogP contribution in [0.4, 0.5) is 4.79 Å². The van der Waals surface area contributed by atoms with Gasteiger partial charge < -0.3 is 30.3 Å². The number of carbonyl (C=O) groups excluding carboxylic acids is 1. The first-order chi connectivity index (χ1) is 25.3. The Morgan fingerprint density at radius 1 is 0.808 bits per heavy atom. The van der Waals surface area contributed by atoms with Crippen molar-refractivity contribution in [2.75, 3.05) is 5.75 Å². The fraction of sp³-hybridized carbons (Fsp3) is 0.405. The fourth-order valence-electron chi connectivity index (χ4n) is 9.32. The zero-order valence-electron chi connectivity index (χ0n) is 29.1. The van der Waals surface area contributed by atoms with Crippen molar-refractivity contribution in [1.29, 1.82) is 0 Å². The molecule has 2 amide bonds. The topological polar surface area (TPSA) is 130 Å². The number of rotatable bonds is 11. The highest BCUT2D eigenvalue weighted by molar-refractivity contribution is 7.99. The number of benzene rings is 3. The summed E-state index contributed by atoms with van der Waals surface area (Å²) in [5, 5.41) is 26.3. The number of aromatic carboxylic acids is 1. The van der Waals surface area contributed by atoms with Crippen LogP contribution < -0.4 is 10.6 Å². The van der Waals surface area contributed by atoms with Crippen molar-refractivity contribution in [2.24, 2.45) is 17.8 Å². The summed E-state index contributed by atoms with van der Waals surface area (Å²) in [7, 11) is 0. The molecule has 0 radical (unpaired) electrons. The summed E-state index contributed by atoms with van der Waals surface area (Å²) < 4.78 is 13.2. The van der Waals surface area contributed by atoms with Gasteiger partial charge in [-0.2, -0.15) is 0 Å². The highest BCUT2D eigenvalue weighted by atomic mass is 32.2. The summed E-state index contributed by atoms with van der Waals surface area (Å²) in [5.41, 5.74) is 5.86. The van der Waals surface area contributed by atoms with Gasteiger partial charge in [0.2, 0.25) is 0 Å². The van der Waals surface area contributed by atoms with Gasteiger partial charge in [0.05, 0.1) is 24.4 Å². The first kappa shape index (κ1) is 34.8. The van der Waals surface area contributed by atoms with E-state index in [1.165, 1.54) is 31.0 Å². The van der Waals surface area contributed by atoms with Crippen LogP contribution in [-0.2, 0) is 22.6 Å². The molecule has 52 heavy (non-hydrogen) atoms. The average molecular weight is 720 g/mol. The summed E-state index contributed by atoms with van der Waals surface area (Å²) in [6.45, 7) is 0.405. The Morgan fingerprint density at radius 3 is 2.23 bits per heavy atom. The van der Waals surface area contributed by atoms with Crippen molar-refractivity contribution in [3.63, 3.8) is 0 Å². The third-order valence-electron chi connectivity index (χ3n) is 11.3. The Kier molecular flexibility index (Phi) is 10.1. The Morgan fingerprint density at radius 2 is 1.52 bits per heavy atom. The molecule has 4 N–H and O–H groups in total. The molecule has 3 unspecified atom stereocenters. The molecule has 3 atom stereocenters. The molecule has 4 aliphatic carbocycles. The lowest BCUT2D eigenvalue weighted by molar-refractivity contribution is -0.245. The largest absolute Gasteiger partial charge is 0.478 e. The van der Waals surface area contributed by atoms with Gasteiger partial charge in [-0.15, -0.1) is 11.8 Å². The van der Waals surface area contributed by atoms with Crippen LogP contribution in [0.15, 0.2) is 96.2 Å².